The third-order valence-electron chi connectivity index (χ3n) is 4.08. The first-order valence-electron chi connectivity index (χ1n) is 8.58. The first-order chi connectivity index (χ1) is 12.5. The second kappa shape index (κ2) is 8.38. The van der Waals surface area contributed by atoms with Crippen LogP contribution in [0.3, 0.4) is 0 Å². The van der Waals surface area contributed by atoms with E-state index in [1.165, 1.54) is 17.4 Å². The molecular weight excluding hydrogens is 349 g/mol. The van der Waals surface area contributed by atoms with E-state index in [9.17, 15) is 9.18 Å². The number of hydrogen-bond acceptors (Lipinski definition) is 4. The fourth-order valence-corrected chi connectivity index (χ4v) is 3.78. The van der Waals surface area contributed by atoms with Crippen LogP contribution >= 0.6 is 11.3 Å². The fourth-order valence-electron chi connectivity index (χ4n) is 2.76. The summed E-state index contributed by atoms with van der Waals surface area (Å²) >= 11 is 1.36. The molecule has 2 aromatic carbocycles. The molecule has 3 aromatic rings. The summed E-state index contributed by atoms with van der Waals surface area (Å²) in [6, 6.07) is 14.5. The molecule has 3 rings (SSSR count). The van der Waals surface area contributed by atoms with Gasteiger partial charge in [-0.1, -0.05) is 47.7 Å². The number of aromatic nitrogens is 1. The van der Waals surface area contributed by atoms with Gasteiger partial charge in [-0.15, -0.1) is 0 Å². The van der Waals surface area contributed by atoms with Gasteiger partial charge < -0.3 is 4.90 Å². The van der Waals surface area contributed by atoms with Gasteiger partial charge in [0.2, 0.25) is 5.91 Å². The Labute approximate surface area is 156 Å². The summed E-state index contributed by atoms with van der Waals surface area (Å²) in [4.78, 5) is 21.1. The molecule has 1 heterocycles. The van der Waals surface area contributed by atoms with Gasteiger partial charge in [0.15, 0.2) is 5.13 Å². The van der Waals surface area contributed by atoms with Crippen LogP contribution in [-0.4, -0.2) is 43.0 Å². The van der Waals surface area contributed by atoms with Crippen LogP contribution < -0.4 is 4.90 Å². The fraction of sp³-hybridized carbons (Fsp3) is 0.300. The number of carbonyl (C=O) groups is 1. The predicted octanol–water partition coefficient (Wildman–Crippen LogP) is 3.96. The third kappa shape index (κ3) is 4.45. The van der Waals surface area contributed by atoms with E-state index in [0.29, 0.717) is 23.6 Å². The summed E-state index contributed by atoms with van der Waals surface area (Å²) in [5.41, 5.74) is 1.29. The average Bonchev–Trinajstić information content (AvgIpc) is 3.04. The number of nitrogens with zero attached hydrogens (tertiary/aromatic N) is 3. The van der Waals surface area contributed by atoms with Crippen LogP contribution in [0.2, 0.25) is 0 Å². The molecule has 136 valence electrons. The van der Waals surface area contributed by atoms with E-state index in [2.05, 4.69) is 9.88 Å². The number of rotatable bonds is 7. The first-order valence-corrected chi connectivity index (χ1v) is 9.40. The van der Waals surface area contributed by atoms with E-state index in [4.69, 9.17) is 0 Å². The number of thiazole rings is 1. The number of halogens is 1. The van der Waals surface area contributed by atoms with E-state index in [-0.39, 0.29) is 11.7 Å². The van der Waals surface area contributed by atoms with Crippen molar-refractivity contribution < 1.29 is 9.18 Å². The molecule has 6 heteroatoms. The standard InChI is InChI=1S/C20H22FN3OS/c1-23(2)12-7-13-24(18(25)14-15-8-4-3-5-9-15)20-22-19-16(21)10-6-11-17(19)26-20/h3-6,8-11H,7,12-14H2,1-2H3. The summed E-state index contributed by atoms with van der Waals surface area (Å²) in [6.07, 6.45) is 1.13. The minimum atomic E-state index is -0.353. The van der Waals surface area contributed by atoms with Gasteiger partial charge >= 0.3 is 0 Å². The molecule has 0 unspecified atom stereocenters. The first kappa shape index (κ1) is 18.5. The lowest BCUT2D eigenvalue weighted by molar-refractivity contribution is -0.118. The molecule has 0 aliphatic heterocycles. The van der Waals surface area contributed by atoms with Crippen LogP contribution in [0.5, 0.6) is 0 Å². The van der Waals surface area contributed by atoms with Gasteiger partial charge in [0.1, 0.15) is 11.3 Å². The maximum Gasteiger partial charge on any atom is 0.233 e. The molecule has 1 amide bonds. The van der Waals surface area contributed by atoms with Gasteiger partial charge in [-0.25, -0.2) is 9.37 Å². The summed E-state index contributed by atoms with van der Waals surface area (Å²) in [5.74, 6) is -0.372. The van der Waals surface area contributed by atoms with Crippen LogP contribution in [0.4, 0.5) is 9.52 Å². The molecule has 4 nitrogen and oxygen atoms in total. The molecule has 0 aliphatic rings. The maximum atomic E-state index is 14.0. The Bertz CT molecular complexity index is 879. The Hall–Kier alpha value is -2.31. The minimum absolute atomic E-state index is 0.0191. The van der Waals surface area contributed by atoms with Crippen molar-refractivity contribution in [3.05, 3.63) is 59.9 Å². The van der Waals surface area contributed by atoms with Crippen molar-refractivity contribution in [2.45, 2.75) is 12.8 Å². The van der Waals surface area contributed by atoms with Crippen LogP contribution in [0.1, 0.15) is 12.0 Å². The molecule has 1 aromatic heterocycles. The normalized spacial score (nSPS) is 11.2. The highest BCUT2D eigenvalue weighted by molar-refractivity contribution is 7.22. The summed E-state index contributed by atoms with van der Waals surface area (Å²) in [6.45, 7) is 1.43. The lowest BCUT2D eigenvalue weighted by Gasteiger charge is -2.21. The number of benzene rings is 2. The Balaban J connectivity index is 1.86. The Morgan fingerprint density at radius 2 is 1.85 bits per heavy atom. The van der Waals surface area contributed by atoms with Gasteiger partial charge in [-0.2, -0.15) is 0 Å². The van der Waals surface area contributed by atoms with Gasteiger partial charge in [-0.3, -0.25) is 9.69 Å². The summed E-state index contributed by atoms with van der Waals surface area (Å²) in [7, 11) is 4.01. The topological polar surface area (TPSA) is 36.4 Å². The number of hydrogen-bond donors (Lipinski definition) is 0. The number of anilines is 1. The molecule has 0 bridgehead atoms. The third-order valence-corrected chi connectivity index (χ3v) is 5.12. The minimum Gasteiger partial charge on any atom is -0.309 e. The molecule has 0 radical (unpaired) electrons. The molecule has 26 heavy (non-hydrogen) atoms. The molecule has 0 atom stereocenters. The largest absolute Gasteiger partial charge is 0.309 e. The zero-order valence-electron chi connectivity index (χ0n) is 15.0. The van der Waals surface area contributed by atoms with Crippen LogP contribution in [0, 0.1) is 5.82 Å². The van der Waals surface area contributed by atoms with Gasteiger partial charge in [0.05, 0.1) is 11.1 Å². The molecule has 0 aliphatic carbocycles. The van der Waals surface area contributed by atoms with Gasteiger partial charge in [0, 0.05) is 6.54 Å². The smallest absolute Gasteiger partial charge is 0.233 e. The second-order valence-electron chi connectivity index (χ2n) is 6.45. The summed E-state index contributed by atoms with van der Waals surface area (Å²) in [5, 5.41) is 0.560. The van der Waals surface area contributed by atoms with E-state index >= 15 is 0 Å². The second-order valence-corrected chi connectivity index (χ2v) is 7.46. The average molecular weight is 371 g/mol. The Morgan fingerprint density at radius 1 is 1.08 bits per heavy atom. The molecule has 0 saturated heterocycles. The number of fused-ring (bicyclic) bond motifs is 1. The Kier molecular flexibility index (Phi) is 5.96. The van der Waals surface area contributed by atoms with E-state index in [1.807, 2.05) is 50.5 Å². The van der Waals surface area contributed by atoms with Crippen molar-refractivity contribution in [2.24, 2.45) is 0 Å². The van der Waals surface area contributed by atoms with Crippen molar-refractivity contribution >= 4 is 32.6 Å². The zero-order valence-corrected chi connectivity index (χ0v) is 15.8. The van der Waals surface area contributed by atoms with E-state index in [1.54, 1.807) is 11.0 Å². The van der Waals surface area contributed by atoms with Crippen LogP contribution in [0.15, 0.2) is 48.5 Å². The maximum absolute atomic E-state index is 14.0. The molecular formula is C20H22FN3OS. The van der Waals surface area contributed by atoms with Crippen LogP contribution in [0.25, 0.3) is 10.2 Å². The van der Waals surface area contributed by atoms with Crippen molar-refractivity contribution in [3.63, 3.8) is 0 Å². The highest BCUT2D eigenvalue weighted by atomic mass is 32.1. The quantitative estimate of drug-likeness (QED) is 0.631. The molecule has 0 spiro atoms. The Morgan fingerprint density at radius 3 is 2.54 bits per heavy atom. The number of carbonyl (C=O) groups excluding carboxylic acids is 1. The molecule has 0 N–H and O–H groups in total. The molecule has 0 saturated carbocycles. The highest BCUT2D eigenvalue weighted by Gasteiger charge is 2.20. The molecule has 0 fully saturated rings. The number of para-hydroxylation sites is 1. The van der Waals surface area contributed by atoms with E-state index in [0.717, 1.165) is 23.2 Å². The van der Waals surface area contributed by atoms with Crippen molar-refractivity contribution in [1.29, 1.82) is 0 Å². The van der Waals surface area contributed by atoms with Gasteiger partial charge in [0.25, 0.3) is 0 Å². The van der Waals surface area contributed by atoms with Crippen molar-refractivity contribution in [1.82, 2.24) is 9.88 Å². The zero-order chi connectivity index (χ0) is 18.5. The monoisotopic (exact) mass is 371 g/mol. The summed E-state index contributed by atoms with van der Waals surface area (Å²) < 4.78 is 14.8. The predicted molar refractivity (Wildman–Crippen MR) is 105 cm³/mol. The SMILES string of the molecule is CN(C)CCCN(C(=O)Cc1ccccc1)c1nc2c(F)cccc2s1. The lowest BCUT2D eigenvalue weighted by atomic mass is 10.1. The van der Waals surface area contributed by atoms with E-state index < -0.39 is 0 Å². The van der Waals surface area contributed by atoms with Crippen LogP contribution in [-0.2, 0) is 11.2 Å². The van der Waals surface area contributed by atoms with Crippen molar-refractivity contribution in [3.8, 4) is 0 Å². The van der Waals surface area contributed by atoms with Gasteiger partial charge in [-0.05, 0) is 44.8 Å². The van der Waals surface area contributed by atoms with Crippen molar-refractivity contribution in [2.75, 3.05) is 32.1 Å². The lowest BCUT2D eigenvalue weighted by Crippen LogP contribution is -2.34. The highest BCUT2D eigenvalue weighted by Crippen LogP contribution is 2.30. The number of amides is 1.